The van der Waals surface area contributed by atoms with Gasteiger partial charge in [-0.15, -0.1) is 0 Å². The van der Waals surface area contributed by atoms with Crippen molar-refractivity contribution in [2.45, 2.75) is 83.1 Å². The fourth-order valence-electron chi connectivity index (χ4n) is 3.67. The fourth-order valence-corrected chi connectivity index (χ4v) is 4.87. The van der Waals surface area contributed by atoms with E-state index in [4.69, 9.17) is 30.2 Å². The van der Waals surface area contributed by atoms with Crippen molar-refractivity contribution in [2.24, 2.45) is 0 Å². The highest BCUT2D eigenvalue weighted by Gasteiger charge is 2.56. The lowest BCUT2D eigenvalue weighted by Crippen LogP contribution is -2.44. The average Bonchev–Trinajstić information content (AvgIpc) is 3.24. The van der Waals surface area contributed by atoms with E-state index in [0.717, 1.165) is 5.39 Å². The molecule has 2 fully saturated rings. The Morgan fingerprint density at radius 1 is 1.21 bits per heavy atom. The van der Waals surface area contributed by atoms with E-state index in [2.05, 4.69) is 43.8 Å². The lowest BCUT2D eigenvalue weighted by Gasteiger charge is -2.37. The van der Waals surface area contributed by atoms with E-state index in [9.17, 15) is 0 Å². The van der Waals surface area contributed by atoms with E-state index in [-0.39, 0.29) is 29.6 Å². The Morgan fingerprint density at radius 2 is 1.90 bits per heavy atom. The summed E-state index contributed by atoms with van der Waals surface area (Å²) in [6, 6.07) is 1.90. The zero-order valence-corrected chi connectivity index (χ0v) is 19.9. The van der Waals surface area contributed by atoms with E-state index < -0.39 is 14.1 Å². The molecule has 2 unspecified atom stereocenters. The Kier molecular flexibility index (Phi) is 5.12. The normalized spacial score (nSPS) is 29.5. The smallest absolute Gasteiger partial charge is 0.192 e. The third kappa shape index (κ3) is 3.75. The maximum atomic E-state index is 6.45. The number of hydrogen-bond donors (Lipinski definition) is 0. The van der Waals surface area contributed by atoms with Crippen LogP contribution in [0.4, 0.5) is 0 Å². The van der Waals surface area contributed by atoms with Gasteiger partial charge in [0.15, 0.2) is 20.3 Å². The third-order valence-electron chi connectivity index (χ3n) is 6.27. The number of rotatable bonds is 4. The van der Waals surface area contributed by atoms with E-state index in [1.54, 1.807) is 0 Å². The minimum atomic E-state index is -1.91. The van der Waals surface area contributed by atoms with Crippen LogP contribution in [0.1, 0.15) is 40.8 Å². The molecule has 0 amide bonds. The summed E-state index contributed by atoms with van der Waals surface area (Å²) in [5, 5.41) is 1.33. The summed E-state index contributed by atoms with van der Waals surface area (Å²) >= 11 is 6.23. The second kappa shape index (κ2) is 7.00. The number of halogens is 1. The van der Waals surface area contributed by atoms with Gasteiger partial charge in [-0.05, 0) is 38.0 Å². The molecule has 2 aromatic heterocycles. The van der Waals surface area contributed by atoms with Crippen molar-refractivity contribution in [3.63, 3.8) is 0 Å². The molecule has 0 bridgehead atoms. The summed E-state index contributed by atoms with van der Waals surface area (Å²) in [6.45, 7) is 15.5. The first-order valence-electron chi connectivity index (χ1n) is 10.0. The molecule has 4 heterocycles. The van der Waals surface area contributed by atoms with Crippen molar-refractivity contribution in [2.75, 3.05) is 6.61 Å². The molecule has 2 aromatic rings. The minimum Gasteiger partial charge on any atom is -0.414 e. The van der Waals surface area contributed by atoms with Crippen molar-refractivity contribution in [1.29, 1.82) is 0 Å². The van der Waals surface area contributed by atoms with Gasteiger partial charge in [0.25, 0.3) is 0 Å². The van der Waals surface area contributed by atoms with Crippen molar-refractivity contribution < 1.29 is 18.6 Å². The van der Waals surface area contributed by atoms with Crippen LogP contribution in [0, 0.1) is 0 Å². The highest BCUT2D eigenvalue weighted by atomic mass is 35.5. The molecule has 160 valence electrons. The van der Waals surface area contributed by atoms with E-state index in [1.165, 1.54) is 6.33 Å². The molecule has 0 aliphatic carbocycles. The summed E-state index contributed by atoms with van der Waals surface area (Å²) in [5.74, 6) is -0.678. The Hall–Kier alpha value is -1.03. The molecule has 7 nitrogen and oxygen atoms in total. The zero-order chi connectivity index (χ0) is 21.2. The highest BCUT2D eigenvalue weighted by Crippen LogP contribution is 2.45. The maximum absolute atomic E-state index is 6.45. The van der Waals surface area contributed by atoms with Gasteiger partial charge >= 0.3 is 0 Å². The lowest BCUT2D eigenvalue weighted by atomic mass is 10.1. The molecule has 4 rings (SSSR count). The predicted molar refractivity (Wildman–Crippen MR) is 113 cm³/mol. The molecular weight excluding hydrogens is 410 g/mol. The topological polar surface area (TPSA) is 67.6 Å². The molecule has 2 saturated heterocycles. The first-order valence-corrected chi connectivity index (χ1v) is 13.3. The molecular formula is C20H30ClN3O4Si. The molecule has 29 heavy (non-hydrogen) atoms. The SMILES string of the molecule is CC1(C)OC2C(O1)[C@@H](CO[Si](C)(C)C(C)(C)C)O[C@H]2n1ccc2c(Cl)ncnc21. The van der Waals surface area contributed by atoms with Crippen LogP contribution in [-0.4, -0.2) is 53.6 Å². The van der Waals surface area contributed by atoms with Crippen LogP contribution in [0.3, 0.4) is 0 Å². The van der Waals surface area contributed by atoms with Gasteiger partial charge in [0.05, 0.1) is 12.0 Å². The van der Waals surface area contributed by atoms with Crippen molar-refractivity contribution >= 4 is 31.0 Å². The monoisotopic (exact) mass is 439 g/mol. The molecule has 9 heteroatoms. The van der Waals surface area contributed by atoms with Crippen LogP contribution in [-0.2, 0) is 18.6 Å². The average molecular weight is 440 g/mol. The van der Waals surface area contributed by atoms with Gasteiger partial charge in [0.2, 0.25) is 0 Å². The van der Waals surface area contributed by atoms with Crippen LogP contribution in [0.5, 0.6) is 0 Å². The molecule has 0 aromatic carbocycles. The molecule has 4 atom stereocenters. The summed E-state index contributed by atoms with van der Waals surface area (Å²) in [7, 11) is -1.91. The standard InChI is InChI=1S/C20H30ClN3O4Si/c1-19(2,3)29(6,7)25-10-13-14-15(28-20(4,5)27-14)18(26-13)24-9-8-12-16(21)22-11-23-17(12)24/h8-9,11,13-15,18H,10H2,1-7H3/t13-,14?,15?,18-/m1/s1. The first-order chi connectivity index (χ1) is 13.4. The largest absolute Gasteiger partial charge is 0.414 e. The quantitative estimate of drug-likeness (QED) is 0.515. The minimum absolute atomic E-state index is 0.126. The number of nitrogens with zero attached hydrogens (tertiary/aromatic N) is 3. The van der Waals surface area contributed by atoms with Crippen molar-refractivity contribution in [3.8, 4) is 0 Å². The van der Waals surface area contributed by atoms with Crippen LogP contribution in [0.15, 0.2) is 18.6 Å². The Labute approximate surface area is 177 Å². The van der Waals surface area contributed by atoms with Gasteiger partial charge < -0.3 is 23.2 Å². The Balaban J connectivity index is 1.62. The zero-order valence-electron chi connectivity index (χ0n) is 18.1. The maximum Gasteiger partial charge on any atom is 0.192 e. The fraction of sp³-hybridized carbons (Fsp3) is 0.700. The van der Waals surface area contributed by atoms with Gasteiger partial charge in [0, 0.05) is 6.20 Å². The second-order valence-electron chi connectivity index (χ2n) is 9.83. The summed E-state index contributed by atoms with van der Waals surface area (Å²) in [4.78, 5) is 8.47. The van der Waals surface area contributed by atoms with E-state index in [0.29, 0.717) is 17.4 Å². The Bertz CT molecular complexity index is 911. The molecule has 0 saturated carbocycles. The summed E-state index contributed by atoms with van der Waals surface area (Å²) in [6.07, 6.45) is 2.30. The molecule has 2 aliphatic rings. The number of fused-ring (bicyclic) bond motifs is 2. The van der Waals surface area contributed by atoms with Crippen LogP contribution >= 0.6 is 11.6 Å². The Morgan fingerprint density at radius 3 is 2.59 bits per heavy atom. The van der Waals surface area contributed by atoms with Crippen LogP contribution < -0.4 is 0 Å². The molecule has 2 aliphatic heterocycles. The summed E-state index contributed by atoms with van der Waals surface area (Å²) < 4.78 is 27.3. The van der Waals surface area contributed by atoms with Gasteiger partial charge in [-0.3, -0.25) is 0 Å². The number of ether oxygens (including phenoxy) is 3. The highest BCUT2D eigenvalue weighted by molar-refractivity contribution is 6.74. The molecule has 0 N–H and O–H groups in total. The molecule has 0 spiro atoms. The number of hydrogen-bond acceptors (Lipinski definition) is 6. The van der Waals surface area contributed by atoms with Crippen LogP contribution in [0.25, 0.3) is 11.0 Å². The lowest BCUT2D eigenvalue weighted by molar-refractivity contribution is -0.199. The first kappa shape index (κ1) is 21.2. The second-order valence-corrected chi connectivity index (χ2v) is 15.0. The number of aromatic nitrogens is 3. The van der Waals surface area contributed by atoms with E-state index >= 15 is 0 Å². The predicted octanol–water partition coefficient (Wildman–Crippen LogP) is 4.52. The van der Waals surface area contributed by atoms with E-state index in [1.807, 2.05) is 30.7 Å². The summed E-state index contributed by atoms with van der Waals surface area (Å²) in [5.41, 5.74) is 0.716. The van der Waals surface area contributed by atoms with Gasteiger partial charge in [-0.2, -0.15) is 0 Å². The third-order valence-corrected chi connectivity index (χ3v) is 11.1. The van der Waals surface area contributed by atoms with Gasteiger partial charge in [0.1, 0.15) is 35.4 Å². The van der Waals surface area contributed by atoms with Crippen molar-refractivity contribution in [3.05, 3.63) is 23.7 Å². The van der Waals surface area contributed by atoms with Gasteiger partial charge in [-0.1, -0.05) is 32.4 Å². The van der Waals surface area contributed by atoms with Crippen LogP contribution in [0.2, 0.25) is 23.3 Å². The van der Waals surface area contributed by atoms with Gasteiger partial charge in [-0.25, -0.2) is 9.97 Å². The van der Waals surface area contributed by atoms with Crippen molar-refractivity contribution in [1.82, 2.24) is 14.5 Å². The molecule has 0 radical (unpaired) electrons.